The SMILES string of the molecule is O=C(O)[c-]1cccc1.[Fe].[H-].[Li+].[cH-]1[cH-][cH-][cH-][cH-]1. The normalized spacial score (nSPS) is 7.47. The van der Waals surface area contributed by atoms with E-state index >= 15 is 0 Å². The Morgan fingerprint density at radius 2 is 1.40 bits per heavy atom. The first kappa shape index (κ1) is 16.7. The Bertz CT molecular complexity index is 316. The van der Waals surface area contributed by atoms with Gasteiger partial charge in [0.2, 0.25) is 0 Å². The molecule has 2 nitrogen and oxygen atoms in total. The van der Waals surface area contributed by atoms with Crippen LogP contribution in [0.4, 0.5) is 0 Å². The van der Waals surface area contributed by atoms with E-state index in [1.165, 1.54) is 0 Å². The van der Waals surface area contributed by atoms with Crippen LogP contribution in [0.15, 0.2) is 54.6 Å². The minimum absolute atomic E-state index is 0. The molecular formula is C11H11FeLiO2-6. The van der Waals surface area contributed by atoms with Gasteiger partial charge in [0.25, 0.3) is 5.97 Å². The van der Waals surface area contributed by atoms with Gasteiger partial charge in [0.15, 0.2) is 0 Å². The average Bonchev–Trinajstić information content (AvgIpc) is 2.82. The summed E-state index contributed by atoms with van der Waals surface area (Å²) in [5.41, 5.74) is 0.352. The van der Waals surface area contributed by atoms with Gasteiger partial charge >= 0.3 is 18.9 Å². The van der Waals surface area contributed by atoms with Crippen molar-refractivity contribution in [3.05, 3.63) is 60.2 Å². The van der Waals surface area contributed by atoms with Crippen LogP contribution in [0.2, 0.25) is 0 Å². The molecule has 0 bridgehead atoms. The number of hydrogen-bond acceptors (Lipinski definition) is 1. The van der Waals surface area contributed by atoms with Crippen molar-refractivity contribution in [2.45, 2.75) is 0 Å². The molecule has 15 heavy (non-hydrogen) atoms. The fourth-order valence-corrected chi connectivity index (χ4v) is 0.837. The molecule has 2 rings (SSSR count). The van der Waals surface area contributed by atoms with Crippen LogP contribution >= 0.6 is 0 Å². The third-order valence-corrected chi connectivity index (χ3v) is 1.47. The summed E-state index contributed by atoms with van der Waals surface area (Å²) in [7, 11) is 0. The van der Waals surface area contributed by atoms with Crippen molar-refractivity contribution in [2.24, 2.45) is 0 Å². The van der Waals surface area contributed by atoms with Gasteiger partial charge < -0.3 is 36.9 Å². The molecule has 0 aliphatic carbocycles. The summed E-state index contributed by atoms with van der Waals surface area (Å²) in [6, 6.07) is 16.5. The van der Waals surface area contributed by atoms with E-state index < -0.39 is 5.97 Å². The molecule has 4 heteroatoms. The van der Waals surface area contributed by atoms with E-state index in [0.29, 0.717) is 5.56 Å². The third kappa shape index (κ3) is 7.24. The molecule has 0 radical (unpaired) electrons. The zero-order chi connectivity index (χ0) is 9.52. The summed E-state index contributed by atoms with van der Waals surface area (Å²) in [5, 5.41) is 8.27. The van der Waals surface area contributed by atoms with E-state index in [-0.39, 0.29) is 37.4 Å². The summed E-state index contributed by atoms with van der Waals surface area (Å²) in [6.45, 7) is 0. The second-order valence-corrected chi connectivity index (χ2v) is 2.44. The quantitative estimate of drug-likeness (QED) is 0.543. The number of rotatable bonds is 1. The largest absolute Gasteiger partial charge is 1.00 e. The predicted octanol–water partition coefficient (Wildman–Crippen LogP) is -0.377. The van der Waals surface area contributed by atoms with Crippen molar-refractivity contribution in [3.8, 4) is 0 Å². The zero-order valence-electron chi connectivity index (χ0n) is 9.41. The van der Waals surface area contributed by atoms with Gasteiger partial charge in [-0.1, -0.05) is 5.56 Å². The minimum Gasteiger partial charge on any atom is -1.00 e. The first-order valence-electron chi connectivity index (χ1n) is 3.92. The van der Waals surface area contributed by atoms with Crippen molar-refractivity contribution in [3.63, 3.8) is 0 Å². The van der Waals surface area contributed by atoms with Crippen LogP contribution in [-0.2, 0) is 17.1 Å². The number of aromatic carboxylic acids is 1. The molecule has 0 spiro atoms. The van der Waals surface area contributed by atoms with Gasteiger partial charge in [0.05, 0.1) is 0 Å². The monoisotopic (exact) mass is 238 g/mol. The van der Waals surface area contributed by atoms with Crippen LogP contribution in [0, 0.1) is 0 Å². The summed E-state index contributed by atoms with van der Waals surface area (Å²) in [4.78, 5) is 10.1. The number of carbonyl (C=O) groups is 1. The first-order valence-corrected chi connectivity index (χ1v) is 3.92. The van der Waals surface area contributed by atoms with Gasteiger partial charge in [0, 0.05) is 17.1 Å². The molecule has 0 aliphatic heterocycles. The van der Waals surface area contributed by atoms with E-state index in [0.717, 1.165) is 0 Å². The van der Waals surface area contributed by atoms with Crippen molar-refractivity contribution in [1.29, 1.82) is 0 Å². The van der Waals surface area contributed by atoms with Crippen molar-refractivity contribution in [2.75, 3.05) is 0 Å². The summed E-state index contributed by atoms with van der Waals surface area (Å²) < 4.78 is 0. The maximum Gasteiger partial charge on any atom is 1.00 e. The molecule has 0 fully saturated rings. The standard InChI is InChI=1S/C6H5O2.C5H5.Fe.Li.H/c7-6(8)5-3-1-2-4-5;1-2-4-5-3-1;;;/h1-4H,(H,7,8);1-5H;;;/q-1;-5;;+1;-1. The van der Waals surface area contributed by atoms with Crippen LogP contribution in [0.5, 0.6) is 0 Å². The molecule has 0 aromatic heterocycles. The van der Waals surface area contributed by atoms with Gasteiger partial charge in [-0.3, -0.25) is 4.79 Å². The topological polar surface area (TPSA) is 37.3 Å². The Balaban J connectivity index is -0.000000189. The molecule has 0 saturated heterocycles. The Labute approximate surface area is 113 Å². The minimum atomic E-state index is -0.866. The molecule has 1 N–H and O–H groups in total. The van der Waals surface area contributed by atoms with E-state index in [9.17, 15) is 4.79 Å². The Kier molecular flexibility index (Phi) is 10.9. The van der Waals surface area contributed by atoms with Gasteiger partial charge in [-0.05, 0) is 0 Å². The molecule has 0 amide bonds. The summed E-state index contributed by atoms with van der Waals surface area (Å²) in [5.74, 6) is -0.866. The van der Waals surface area contributed by atoms with E-state index in [2.05, 4.69) is 0 Å². The smallest absolute Gasteiger partial charge is 1.00 e. The fraction of sp³-hybridized carbons (Fsp3) is 0. The molecule has 2 aromatic rings. The maximum atomic E-state index is 10.1. The number of hydrogen-bond donors (Lipinski definition) is 1. The van der Waals surface area contributed by atoms with Gasteiger partial charge in [-0.2, -0.15) is 12.1 Å². The molecule has 0 aliphatic rings. The van der Waals surface area contributed by atoms with Gasteiger partial charge in [-0.15, -0.1) is 0 Å². The van der Waals surface area contributed by atoms with Crippen LogP contribution in [-0.4, -0.2) is 11.1 Å². The Morgan fingerprint density at radius 1 is 1.07 bits per heavy atom. The van der Waals surface area contributed by atoms with E-state index in [1.807, 2.05) is 30.3 Å². The molecular weight excluding hydrogens is 227 g/mol. The third-order valence-electron chi connectivity index (χ3n) is 1.47. The van der Waals surface area contributed by atoms with Crippen LogP contribution in [0.3, 0.4) is 0 Å². The first-order chi connectivity index (χ1) is 6.30. The summed E-state index contributed by atoms with van der Waals surface area (Å²) >= 11 is 0. The second-order valence-electron chi connectivity index (χ2n) is 2.44. The van der Waals surface area contributed by atoms with Crippen LogP contribution in [0.1, 0.15) is 11.8 Å². The summed E-state index contributed by atoms with van der Waals surface area (Å²) in [6.07, 6.45) is 0. The zero-order valence-corrected chi connectivity index (χ0v) is 9.51. The van der Waals surface area contributed by atoms with Crippen LogP contribution < -0.4 is 18.9 Å². The number of carboxylic acids is 1. The Morgan fingerprint density at radius 3 is 1.60 bits per heavy atom. The van der Waals surface area contributed by atoms with Gasteiger partial charge in [0.1, 0.15) is 0 Å². The molecule has 0 atom stereocenters. The van der Waals surface area contributed by atoms with E-state index in [1.54, 1.807) is 24.3 Å². The van der Waals surface area contributed by atoms with Gasteiger partial charge in [-0.25, -0.2) is 12.1 Å². The van der Waals surface area contributed by atoms with Crippen molar-refractivity contribution < 1.29 is 47.3 Å². The number of carboxylic acid groups (broad SMARTS) is 1. The molecule has 0 unspecified atom stereocenters. The average molecular weight is 238 g/mol. The van der Waals surface area contributed by atoms with Crippen molar-refractivity contribution in [1.82, 2.24) is 0 Å². The molecule has 0 saturated carbocycles. The van der Waals surface area contributed by atoms with Crippen LogP contribution in [0.25, 0.3) is 0 Å². The molecule has 2 aromatic carbocycles. The maximum absolute atomic E-state index is 10.1. The predicted molar refractivity (Wildman–Crippen MR) is 52.1 cm³/mol. The van der Waals surface area contributed by atoms with E-state index in [4.69, 9.17) is 5.11 Å². The molecule has 82 valence electrons. The fourth-order valence-electron chi connectivity index (χ4n) is 0.837. The molecule has 0 heterocycles. The van der Waals surface area contributed by atoms with Crippen molar-refractivity contribution >= 4 is 5.97 Å². The second kappa shape index (κ2) is 9.83. The Hall–Kier alpha value is -0.713.